The van der Waals surface area contributed by atoms with Gasteiger partial charge in [0.1, 0.15) is 0 Å². The number of hydrogen-bond donors (Lipinski definition) is 2. The molecule has 1 aromatic carbocycles. The van der Waals surface area contributed by atoms with E-state index in [-0.39, 0.29) is 12.1 Å². The van der Waals surface area contributed by atoms with Gasteiger partial charge in [0.05, 0.1) is 19.3 Å². The molecule has 2 N–H and O–H groups in total. The van der Waals surface area contributed by atoms with E-state index in [4.69, 9.17) is 9.47 Å². The molecule has 0 spiro atoms. The van der Waals surface area contributed by atoms with Crippen molar-refractivity contribution in [2.75, 3.05) is 18.5 Å². The van der Waals surface area contributed by atoms with Gasteiger partial charge in [0, 0.05) is 37.4 Å². The third-order valence-electron chi connectivity index (χ3n) is 5.03. The fraction of sp³-hybridized carbons (Fsp3) is 0.348. The van der Waals surface area contributed by atoms with E-state index in [0.717, 1.165) is 36.3 Å². The minimum Gasteiger partial charge on any atom is -0.376 e. The lowest BCUT2D eigenvalue weighted by molar-refractivity contribution is -0.0447. The summed E-state index contributed by atoms with van der Waals surface area (Å²) in [5.41, 5.74) is 2.66. The van der Waals surface area contributed by atoms with Gasteiger partial charge in [0.15, 0.2) is 5.82 Å². The maximum Gasteiger partial charge on any atom is 0.319 e. The minimum atomic E-state index is -0.272. The van der Waals surface area contributed by atoms with Crippen LogP contribution >= 0.6 is 0 Å². The van der Waals surface area contributed by atoms with Gasteiger partial charge in [-0.2, -0.15) is 5.10 Å². The van der Waals surface area contributed by atoms with Crippen molar-refractivity contribution in [1.82, 2.24) is 20.1 Å². The van der Waals surface area contributed by atoms with Crippen molar-refractivity contribution in [2.24, 2.45) is 0 Å². The zero-order valence-electron chi connectivity index (χ0n) is 17.4. The number of hydrogen-bond acceptors (Lipinski definition) is 5. The van der Waals surface area contributed by atoms with Crippen molar-refractivity contribution in [3.05, 3.63) is 72.2 Å². The molecule has 1 fully saturated rings. The van der Waals surface area contributed by atoms with Gasteiger partial charge in [-0.25, -0.2) is 14.5 Å². The first kappa shape index (κ1) is 21.0. The molecule has 1 atom stereocenters. The molecule has 0 saturated carbocycles. The van der Waals surface area contributed by atoms with E-state index in [1.165, 1.54) is 6.42 Å². The molecule has 0 bridgehead atoms. The van der Waals surface area contributed by atoms with E-state index in [2.05, 4.69) is 20.7 Å². The third kappa shape index (κ3) is 6.37. The van der Waals surface area contributed by atoms with Crippen LogP contribution in [0.3, 0.4) is 0 Å². The van der Waals surface area contributed by atoms with Gasteiger partial charge < -0.3 is 20.1 Å². The number of benzene rings is 1. The highest BCUT2D eigenvalue weighted by molar-refractivity contribution is 5.89. The number of pyridine rings is 1. The van der Waals surface area contributed by atoms with Crippen molar-refractivity contribution in [3.8, 4) is 5.82 Å². The number of amides is 2. The maximum absolute atomic E-state index is 12.3. The summed E-state index contributed by atoms with van der Waals surface area (Å²) in [6.07, 6.45) is 8.82. The first-order valence-corrected chi connectivity index (χ1v) is 10.5. The number of aromatic nitrogens is 3. The fourth-order valence-electron chi connectivity index (χ4n) is 3.44. The molecule has 8 heteroatoms. The lowest BCUT2D eigenvalue weighted by atomic mass is 10.1. The number of anilines is 1. The SMILES string of the molecule is O=C(NCc1ccnc(-n2cccn2)c1)Nc1cccc(COC[C@H]2CCCCO2)c1. The first-order chi connectivity index (χ1) is 15.3. The molecule has 162 valence electrons. The predicted molar refractivity (Wildman–Crippen MR) is 117 cm³/mol. The van der Waals surface area contributed by atoms with Crippen LogP contribution < -0.4 is 10.6 Å². The Morgan fingerprint density at radius 1 is 1.16 bits per heavy atom. The van der Waals surface area contributed by atoms with E-state index in [0.29, 0.717) is 25.6 Å². The molecule has 1 aliphatic heterocycles. The van der Waals surface area contributed by atoms with Crippen molar-refractivity contribution in [1.29, 1.82) is 0 Å². The molecule has 8 nitrogen and oxygen atoms in total. The molecule has 4 rings (SSSR count). The topological polar surface area (TPSA) is 90.3 Å². The average molecular weight is 422 g/mol. The van der Waals surface area contributed by atoms with Crippen LogP contribution in [0.2, 0.25) is 0 Å². The number of nitrogens with one attached hydrogen (secondary N) is 2. The quantitative estimate of drug-likeness (QED) is 0.579. The molecule has 2 aromatic heterocycles. The number of ether oxygens (including phenoxy) is 2. The highest BCUT2D eigenvalue weighted by Crippen LogP contribution is 2.15. The second-order valence-electron chi connectivity index (χ2n) is 7.48. The molecule has 0 aliphatic carbocycles. The van der Waals surface area contributed by atoms with Crippen LogP contribution in [0.1, 0.15) is 30.4 Å². The summed E-state index contributed by atoms with van der Waals surface area (Å²) in [6.45, 7) is 2.30. The van der Waals surface area contributed by atoms with Gasteiger partial charge in [-0.15, -0.1) is 0 Å². The second-order valence-corrected chi connectivity index (χ2v) is 7.48. The van der Waals surface area contributed by atoms with E-state index in [1.807, 2.05) is 48.7 Å². The molecule has 2 amide bonds. The van der Waals surface area contributed by atoms with Crippen molar-refractivity contribution in [3.63, 3.8) is 0 Å². The van der Waals surface area contributed by atoms with Crippen molar-refractivity contribution < 1.29 is 14.3 Å². The summed E-state index contributed by atoms with van der Waals surface area (Å²) in [5.74, 6) is 0.705. The number of carbonyl (C=O) groups is 1. The summed E-state index contributed by atoms with van der Waals surface area (Å²) >= 11 is 0. The predicted octanol–water partition coefficient (Wildman–Crippen LogP) is 3.67. The van der Waals surface area contributed by atoms with Gasteiger partial charge in [-0.1, -0.05) is 12.1 Å². The van der Waals surface area contributed by atoms with Gasteiger partial charge in [-0.05, 0) is 60.7 Å². The van der Waals surface area contributed by atoms with Gasteiger partial charge >= 0.3 is 6.03 Å². The van der Waals surface area contributed by atoms with E-state index < -0.39 is 0 Å². The lowest BCUT2D eigenvalue weighted by Crippen LogP contribution is -2.28. The summed E-state index contributed by atoms with van der Waals surface area (Å²) < 4.78 is 13.2. The first-order valence-electron chi connectivity index (χ1n) is 10.5. The Labute approximate surface area is 181 Å². The molecular weight excluding hydrogens is 394 g/mol. The highest BCUT2D eigenvalue weighted by atomic mass is 16.5. The molecule has 3 aromatic rings. The molecular formula is C23H27N5O3. The van der Waals surface area contributed by atoms with E-state index in [1.54, 1.807) is 17.1 Å². The van der Waals surface area contributed by atoms with Crippen LogP contribution in [0.5, 0.6) is 0 Å². The smallest absolute Gasteiger partial charge is 0.319 e. The Bertz CT molecular complexity index is 971. The number of urea groups is 1. The minimum absolute atomic E-state index is 0.197. The average Bonchev–Trinajstić information content (AvgIpc) is 3.34. The molecule has 0 radical (unpaired) electrons. The largest absolute Gasteiger partial charge is 0.376 e. The summed E-state index contributed by atoms with van der Waals surface area (Å²) in [6, 6.07) is 13.0. The summed E-state index contributed by atoms with van der Waals surface area (Å²) in [4.78, 5) is 16.6. The fourth-order valence-corrected chi connectivity index (χ4v) is 3.44. The molecule has 1 aliphatic rings. The van der Waals surface area contributed by atoms with Crippen LogP contribution in [-0.4, -0.2) is 40.1 Å². The van der Waals surface area contributed by atoms with Gasteiger partial charge in [0.2, 0.25) is 0 Å². The normalized spacial score (nSPS) is 16.1. The molecule has 1 saturated heterocycles. The van der Waals surface area contributed by atoms with Crippen LogP contribution in [0.25, 0.3) is 5.82 Å². The van der Waals surface area contributed by atoms with Crippen LogP contribution in [0.15, 0.2) is 61.1 Å². The monoisotopic (exact) mass is 421 g/mol. The molecule has 31 heavy (non-hydrogen) atoms. The van der Waals surface area contributed by atoms with Crippen molar-refractivity contribution in [2.45, 2.75) is 38.5 Å². The molecule has 0 unspecified atom stereocenters. The Morgan fingerprint density at radius 3 is 2.97 bits per heavy atom. The zero-order chi connectivity index (χ0) is 21.3. The van der Waals surface area contributed by atoms with Gasteiger partial charge in [0.25, 0.3) is 0 Å². The Kier molecular flexibility index (Phi) is 7.25. The van der Waals surface area contributed by atoms with Crippen LogP contribution in [0.4, 0.5) is 10.5 Å². The van der Waals surface area contributed by atoms with Crippen LogP contribution in [0, 0.1) is 0 Å². The lowest BCUT2D eigenvalue weighted by Gasteiger charge is -2.22. The van der Waals surface area contributed by atoms with E-state index >= 15 is 0 Å². The van der Waals surface area contributed by atoms with Crippen molar-refractivity contribution >= 4 is 11.7 Å². The third-order valence-corrected chi connectivity index (χ3v) is 5.03. The second kappa shape index (κ2) is 10.7. The Balaban J connectivity index is 1.24. The molecule has 3 heterocycles. The van der Waals surface area contributed by atoms with Gasteiger partial charge in [-0.3, -0.25) is 0 Å². The Hall–Kier alpha value is -3.23. The Morgan fingerprint density at radius 2 is 2.13 bits per heavy atom. The number of rotatable bonds is 8. The van der Waals surface area contributed by atoms with E-state index in [9.17, 15) is 4.79 Å². The summed E-state index contributed by atoms with van der Waals surface area (Å²) in [5, 5.41) is 9.91. The maximum atomic E-state index is 12.3. The van der Waals surface area contributed by atoms with Crippen LogP contribution in [-0.2, 0) is 22.6 Å². The number of carbonyl (C=O) groups excluding carboxylic acids is 1. The summed E-state index contributed by atoms with van der Waals surface area (Å²) in [7, 11) is 0. The number of nitrogens with zero attached hydrogens (tertiary/aromatic N) is 3. The standard InChI is InChI=1S/C23H27N5O3/c29-23(25-15-18-8-10-24-22(14-18)28-11-4-9-26-28)27-20-6-3-5-19(13-20)16-30-17-21-7-1-2-12-31-21/h3-6,8-11,13-14,21H,1-2,7,12,15-17H2,(H2,25,27,29)/t21-/m1/s1. The zero-order valence-corrected chi connectivity index (χ0v) is 17.4. The highest BCUT2D eigenvalue weighted by Gasteiger charge is 2.13.